The van der Waals surface area contributed by atoms with Crippen molar-refractivity contribution in [3.8, 4) is 0 Å². The first-order valence-electron chi connectivity index (χ1n) is 7.08. The third-order valence-electron chi connectivity index (χ3n) is 3.81. The van der Waals surface area contributed by atoms with Gasteiger partial charge in [0.1, 0.15) is 0 Å². The van der Waals surface area contributed by atoms with Crippen molar-refractivity contribution in [2.75, 3.05) is 31.1 Å². The molecule has 1 amide bonds. The lowest BCUT2D eigenvalue weighted by Gasteiger charge is -2.34. The Balaban J connectivity index is 1.77. The minimum atomic E-state index is 0.254. The molecule has 106 valence electrons. The fourth-order valence-electron chi connectivity index (χ4n) is 2.58. The van der Waals surface area contributed by atoms with Gasteiger partial charge in [-0.05, 0) is 18.6 Å². The maximum absolute atomic E-state index is 11.7. The number of hydrogen-bond donors (Lipinski definition) is 0. The number of rotatable bonds is 2. The number of piperazine rings is 1. The van der Waals surface area contributed by atoms with Crippen molar-refractivity contribution in [1.82, 2.24) is 9.88 Å². The molecule has 1 saturated heterocycles. The molecule has 20 heavy (non-hydrogen) atoms. The lowest BCUT2D eigenvalue weighted by atomic mass is 10.2. The number of anilines is 1. The van der Waals surface area contributed by atoms with Crippen molar-refractivity contribution in [3.63, 3.8) is 0 Å². The lowest BCUT2D eigenvalue weighted by molar-refractivity contribution is -0.131. The van der Waals surface area contributed by atoms with E-state index in [2.05, 4.69) is 30.0 Å². The average Bonchev–Trinajstić information content (AvgIpc) is 2.92. The van der Waals surface area contributed by atoms with E-state index in [1.807, 2.05) is 11.8 Å². The van der Waals surface area contributed by atoms with Crippen LogP contribution in [0.2, 0.25) is 0 Å². The number of carbonyl (C=O) groups is 1. The van der Waals surface area contributed by atoms with Gasteiger partial charge in [-0.3, -0.25) is 4.79 Å². The summed E-state index contributed by atoms with van der Waals surface area (Å²) in [5.74, 6) is 0.254. The molecule has 5 heteroatoms. The molecule has 1 fully saturated rings. The number of amides is 1. The number of aromatic nitrogens is 1. The van der Waals surface area contributed by atoms with Crippen LogP contribution < -0.4 is 4.90 Å². The van der Waals surface area contributed by atoms with E-state index in [4.69, 9.17) is 4.98 Å². The van der Waals surface area contributed by atoms with Gasteiger partial charge in [0.15, 0.2) is 5.13 Å². The maximum atomic E-state index is 11.7. The second-order valence-corrected chi connectivity index (χ2v) is 6.15. The fourth-order valence-corrected chi connectivity index (χ4v) is 3.68. The zero-order chi connectivity index (χ0) is 14.1. The summed E-state index contributed by atoms with van der Waals surface area (Å²) < 4.78 is 1.24. The Morgan fingerprint density at radius 2 is 2.05 bits per heavy atom. The van der Waals surface area contributed by atoms with Crippen LogP contribution in [0.15, 0.2) is 18.2 Å². The van der Waals surface area contributed by atoms with Gasteiger partial charge in [-0.2, -0.15) is 0 Å². The van der Waals surface area contributed by atoms with Gasteiger partial charge in [-0.25, -0.2) is 4.98 Å². The van der Waals surface area contributed by atoms with Crippen molar-refractivity contribution in [2.24, 2.45) is 0 Å². The van der Waals surface area contributed by atoms with Crippen molar-refractivity contribution < 1.29 is 4.79 Å². The number of carbonyl (C=O) groups excluding carboxylic acids is 1. The Morgan fingerprint density at radius 3 is 2.70 bits per heavy atom. The van der Waals surface area contributed by atoms with E-state index in [1.54, 1.807) is 11.3 Å². The van der Waals surface area contributed by atoms with Gasteiger partial charge in [0.05, 0.1) is 10.2 Å². The van der Waals surface area contributed by atoms with E-state index < -0.39 is 0 Å². The Kier molecular flexibility index (Phi) is 3.61. The summed E-state index contributed by atoms with van der Waals surface area (Å²) >= 11 is 1.74. The predicted molar refractivity (Wildman–Crippen MR) is 83.4 cm³/mol. The Bertz CT molecular complexity index is 629. The van der Waals surface area contributed by atoms with Crippen LogP contribution in [0.1, 0.15) is 18.9 Å². The lowest BCUT2D eigenvalue weighted by Crippen LogP contribution is -2.48. The highest BCUT2D eigenvalue weighted by Gasteiger charge is 2.22. The van der Waals surface area contributed by atoms with E-state index in [0.29, 0.717) is 6.42 Å². The van der Waals surface area contributed by atoms with Crippen LogP contribution in [0.5, 0.6) is 0 Å². The summed E-state index contributed by atoms with van der Waals surface area (Å²) in [4.78, 5) is 20.7. The van der Waals surface area contributed by atoms with E-state index in [9.17, 15) is 4.79 Å². The standard InChI is InChI=1S/C15H19N3OS/c1-3-13(19)17-7-9-18(10-8-17)15-16-14-11(2)5-4-6-12(14)20-15/h4-6H,3,7-10H2,1-2H3. The highest BCUT2D eigenvalue weighted by atomic mass is 32.1. The van der Waals surface area contributed by atoms with Crippen molar-refractivity contribution in [2.45, 2.75) is 20.3 Å². The number of thiazole rings is 1. The first kappa shape index (κ1) is 13.4. The van der Waals surface area contributed by atoms with Gasteiger partial charge >= 0.3 is 0 Å². The van der Waals surface area contributed by atoms with Crippen LogP contribution in [-0.4, -0.2) is 42.0 Å². The summed E-state index contributed by atoms with van der Waals surface area (Å²) in [7, 11) is 0. The smallest absolute Gasteiger partial charge is 0.222 e. The molecule has 1 aliphatic heterocycles. The number of hydrogen-bond acceptors (Lipinski definition) is 4. The molecule has 2 aromatic rings. The molecule has 0 spiro atoms. The Labute approximate surface area is 123 Å². The largest absolute Gasteiger partial charge is 0.345 e. The first-order chi connectivity index (χ1) is 9.69. The molecule has 0 aliphatic carbocycles. The first-order valence-corrected chi connectivity index (χ1v) is 7.89. The van der Waals surface area contributed by atoms with Crippen LogP contribution in [0.4, 0.5) is 5.13 Å². The maximum Gasteiger partial charge on any atom is 0.222 e. The summed E-state index contributed by atoms with van der Waals surface area (Å²) in [5.41, 5.74) is 2.34. The Morgan fingerprint density at radius 1 is 1.30 bits per heavy atom. The molecule has 1 aromatic carbocycles. The molecule has 0 unspecified atom stereocenters. The number of aryl methyl sites for hydroxylation is 1. The molecule has 0 N–H and O–H groups in total. The third-order valence-corrected chi connectivity index (χ3v) is 4.90. The number of para-hydroxylation sites is 1. The molecular formula is C15H19N3OS. The van der Waals surface area contributed by atoms with Crippen molar-refractivity contribution in [3.05, 3.63) is 23.8 Å². The van der Waals surface area contributed by atoms with Crippen molar-refractivity contribution >= 4 is 32.6 Å². The molecule has 1 aromatic heterocycles. The van der Waals surface area contributed by atoms with E-state index in [-0.39, 0.29) is 5.91 Å². The van der Waals surface area contributed by atoms with Crippen LogP contribution in [0.25, 0.3) is 10.2 Å². The molecule has 4 nitrogen and oxygen atoms in total. The van der Waals surface area contributed by atoms with Crippen LogP contribution in [0.3, 0.4) is 0 Å². The van der Waals surface area contributed by atoms with Crippen LogP contribution in [0, 0.1) is 6.92 Å². The minimum Gasteiger partial charge on any atom is -0.345 e. The number of benzene rings is 1. The van der Waals surface area contributed by atoms with E-state index >= 15 is 0 Å². The summed E-state index contributed by atoms with van der Waals surface area (Å²) in [6, 6.07) is 6.31. The summed E-state index contributed by atoms with van der Waals surface area (Å²) in [5, 5.41) is 1.08. The SMILES string of the molecule is CCC(=O)N1CCN(c2nc3c(C)cccc3s2)CC1. The molecule has 0 radical (unpaired) electrons. The molecule has 1 aliphatic rings. The molecule has 3 rings (SSSR count). The number of nitrogens with zero attached hydrogens (tertiary/aromatic N) is 3. The van der Waals surface area contributed by atoms with Gasteiger partial charge < -0.3 is 9.80 Å². The highest BCUT2D eigenvalue weighted by Crippen LogP contribution is 2.30. The number of fused-ring (bicyclic) bond motifs is 1. The van der Waals surface area contributed by atoms with Gasteiger partial charge in [0.2, 0.25) is 5.91 Å². The second kappa shape index (κ2) is 5.40. The van der Waals surface area contributed by atoms with Gasteiger partial charge in [-0.15, -0.1) is 0 Å². The quantitative estimate of drug-likeness (QED) is 0.853. The van der Waals surface area contributed by atoms with Crippen LogP contribution >= 0.6 is 11.3 Å². The van der Waals surface area contributed by atoms with E-state index in [0.717, 1.165) is 36.8 Å². The second-order valence-electron chi connectivity index (χ2n) is 5.14. The van der Waals surface area contributed by atoms with Gasteiger partial charge in [0.25, 0.3) is 0 Å². The summed E-state index contributed by atoms with van der Waals surface area (Å²) in [6.45, 7) is 7.40. The predicted octanol–water partition coefficient (Wildman–Crippen LogP) is 2.66. The topological polar surface area (TPSA) is 36.4 Å². The molecular weight excluding hydrogens is 270 g/mol. The van der Waals surface area contributed by atoms with E-state index in [1.165, 1.54) is 10.3 Å². The normalized spacial score (nSPS) is 15.9. The molecule has 0 bridgehead atoms. The van der Waals surface area contributed by atoms with Gasteiger partial charge in [0, 0.05) is 32.6 Å². The molecule has 0 saturated carbocycles. The van der Waals surface area contributed by atoms with Crippen LogP contribution in [-0.2, 0) is 4.79 Å². The zero-order valence-corrected chi connectivity index (χ0v) is 12.7. The molecule has 0 atom stereocenters. The monoisotopic (exact) mass is 289 g/mol. The minimum absolute atomic E-state index is 0.254. The summed E-state index contributed by atoms with van der Waals surface area (Å²) in [6.07, 6.45) is 0.598. The average molecular weight is 289 g/mol. The fraction of sp³-hybridized carbons (Fsp3) is 0.467. The van der Waals surface area contributed by atoms with Gasteiger partial charge in [-0.1, -0.05) is 30.4 Å². The van der Waals surface area contributed by atoms with Crippen molar-refractivity contribution in [1.29, 1.82) is 0 Å². The molecule has 2 heterocycles. The highest BCUT2D eigenvalue weighted by molar-refractivity contribution is 7.22. The zero-order valence-electron chi connectivity index (χ0n) is 11.9. The third kappa shape index (κ3) is 2.38. The Hall–Kier alpha value is -1.62.